The normalized spacial score (nSPS) is 16.9. The third kappa shape index (κ3) is 5.57. The van der Waals surface area contributed by atoms with Crippen molar-refractivity contribution >= 4 is 29.6 Å². The van der Waals surface area contributed by atoms with Crippen molar-refractivity contribution in [1.29, 1.82) is 0 Å². The molecular weight excluding hydrogens is 314 g/mol. The molecule has 0 spiro atoms. The first-order valence-electron chi connectivity index (χ1n) is 7.72. The second-order valence-corrected chi connectivity index (χ2v) is 6.05. The number of rotatable bonds is 5. The van der Waals surface area contributed by atoms with Crippen LogP contribution in [0.3, 0.4) is 0 Å². The van der Waals surface area contributed by atoms with Gasteiger partial charge in [-0.1, -0.05) is 61.2 Å². The molecule has 122 valence electrons. The Morgan fingerprint density at radius 1 is 1.13 bits per heavy atom. The van der Waals surface area contributed by atoms with E-state index in [2.05, 4.69) is 5.32 Å². The van der Waals surface area contributed by atoms with E-state index in [0.717, 1.165) is 37.7 Å². The van der Waals surface area contributed by atoms with E-state index in [1.807, 2.05) is 30.3 Å². The summed E-state index contributed by atoms with van der Waals surface area (Å²) in [4.78, 5) is 23.4. The van der Waals surface area contributed by atoms with Gasteiger partial charge in [-0.05, 0) is 30.6 Å². The number of carbonyl (C=O) groups excluding carboxylic acids is 2. The van der Waals surface area contributed by atoms with E-state index >= 15 is 0 Å². The fourth-order valence-electron chi connectivity index (χ4n) is 2.63. The van der Waals surface area contributed by atoms with Crippen LogP contribution in [0.2, 0.25) is 0 Å². The SMILES string of the molecule is O=C([O-])C(=CC(Cl)=Cc1ccccc1)NC(=O)C1CCCCC1. The Morgan fingerprint density at radius 3 is 2.39 bits per heavy atom. The molecule has 5 heteroatoms. The fraction of sp³-hybridized carbons (Fsp3) is 0.333. The van der Waals surface area contributed by atoms with Crippen LogP contribution in [-0.2, 0) is 9.59 Å². The maximum absolute atomic E-state index is 12.1. The smallest absolute Gasteiger partial charge is 0.227 e. The van der Waals surface area contributed by atoms with E-state index in [0.29, 0.717) is 0 Å². The third-order valence-corrected chi connectivity index (χ3v) is 4.06. The van der Waals surface area contributed by atoms with Crippen LogP contribution in [0.1, 0.15) is 37.7 Å². The summed E-state index contributed by atoms with van der Waals surface area (Å²) in [6.07, 6.45) is 7.54. The monoisotopic (exact) mass is 332 g/mol. The second kappa shape index (κ2) is 8.53. The highest BCUT2D eigenvalue weighted by Crippen LogP contribution is 2.24. The molecule has 0 aromatic heterocycles. The second-order valence-electron chi connectivity index (χ2n) is 5.61. The van der Waals surface area contributed by atoms with Crippen molar-refractivity contribution in [1.82, 2.24) is 5.32 Å². The molecule has 1 saturated carbocycles. The Hall–Kier alpha value is -2.07. The quantitative estimate of drug-likeness (QED) is 0.665. The Kier molecular flexibility index (Phi) is 6.41. The first-order chi connectivity index (χ1) is 11.1. The van der Waals surface area contributed by atoms with Crippen LogP contribution in [0, 0.1) is 5.92 Å². The van der Waals surface area contributed by atoms with Crippen molar-refractivity contribution < 1.29 is 14.7 Å². The van der Waals surface area contributed by atoms with E-state index in [1.165, 1.54) is 6.08 Å². The minimum absolute atomic E-state index is 0.136. The van der Waals surface area contributed by atoms with Crippen molar-refractivity contribution in [2.45, 2.75) is 32.1 Å². The molecule has 1 N–H and O–H groups in total. The molecule has 0 atom stereocenters. The molecule has 0 aliphatic heterocycles. The molecule has 0 heterocycles. The van der Waals surface area contributed by atoms with Crippen molar-refractivity contribution in [2.75, 3.05) is 0 Å². The molecule has 1 aliphatic rings. The molecular formula is C18H19ClNO3-. The highest BCUT2D eigenvalue weighted by atomic mass is 35.5. The summed E-state index contributed by atoms with van der Waals surface area (Å²) in [5.74, 6) is -1.86. The van der Waals surface area contributed by atoms with Gasteiger partial charge in [-0.25, -0.2) is 0 Å². The van der Waals surface area contributed by atoms with Crippen molar-refractivity contribution in [3.05, 3.63) is 52.7 Å². The summed E-state index contributed by atoms with van der Waals surface area (Å²) in [5.41, 5.74) is 0.530. The lowest BCUT2D eigenvalue weighted by Gasteiger charge is -2.21. The molecule has 0 unspecified atom stereocenters. The Balaban J connectivity index is 2.09. The van der Waals surface area contributed by atoms with Crippen LogP contribution in [0.5, 0.6) is 0 Å². The fourth-order valence-corrected chi connectivity index (χ4v) is 2.87. The molecule has 1 fully saturated rings. The zero-order valence-electron chi connectivity index (χ0n) is 12.8. The topological polar surface area (TPSA) is 69.2 Å². The number of benzene rings is 1. The summed E-state index contributed by atoms with van der Waals surface area (Å²) >= 11 is 6.07. The lowest BCUT2D eigenvalue weighted by Crippen LogP contribution is -2.39. The number of amides is 1. The van der Waals surface area contributed by atoms with E-state index < -0.39 is 5.97 Å². The summed E-state index contributed by atoms with van der Waals surface area (Å²) < 4.78 is 0. The Bertz CT molecular complexity index is 616. The van der Waals surface area contributed by atoms with Crippen LogP contribution in [-0.4, -0.2) is 11.9 Å². The summed E-state index contributed by atoms with van der Waals surface area (Å²) in [7, 11) is 0. The predicted octanol–water partition coefficient (Wildman–Crippen LogP) is 2.60. The van der Waals surface area contributed by atoms with Gasteiger partial charge in [-0.15, -0.1) is 0 Å². The minimum atomic E-state index is -1.45. The van der Waals surface area contributed by atoms with Crippen molar-refractivity contribution in [2.24, 2.45) is 5.92 Å². The van der Waals surface area contributed by atoms with Crippen LogP contribution >= 0.6 is 11.6 Å². The van der Waals surface area contributed by atoms with Crippen LogP contribution in [0.25, 0.3) is 6.08 Å². The van der Waals surface area contributed by atoms with Crippen molar-refractivity contribution in [3.63, 3.8) is 0 Å². The van der Waals surface area contributed by atoms with Crippen molar-refractivity contribution in [3.8, 4) is 0 Å². The van der Waals surface area contributed by atoms with Crippen LogP contribution < -0.4 is 10.4 Å². The number of carboxylic acids is 1. The minimum Gasteiger partial charge on any atom is -0.543 e. The van der Waals surface area contributed by atoms with Gasteiger partial charge in [0, 0.05) is 11.0 Å². The van der Waals surface area contributed by atoms with Gasteiger partial charge in [0.25, 0.3) is 0 Å². The van der Waals surface area contributed by atoms with Gasteiger partial charge in [-0.3, -0.25) is 4.79 Å². The van der Waals surface area contributed by atoms with E-state index in [9.17, 15) is 14.7 Å². The van der Waals surface area contributed by atoms with Gasteiger partial charge < -0.3 is 15.2 Å². The Morgan fingerprint density at radius 2 is 1.78 bits per heavy atom. The number of hydrogen-bond acceptors (Lipinski definition) is 3. The van der Waals surface area contributed by atoms with Gasteiger partial charge >= 0.3 is 0 Å². The van der Waals surface area contributed by atoms with Gasteiger partial charge in [-0.2, -0.15) is 0 Å². The molecule has 1 aromatic carbocycles. The largest absolute Gasteiger partial charge is 0.543 e. The molecule has 0 saturated heterocycles. The molecule has 4 nitrogen and oxygen atoms in total. The van der Waals surface area contributed by atoms with E-state index in [-0.39, 0.29) is 22.6 Å². The van der Waals surface area contributed by atoms with Crippen LogP contribution in [0.4, 0.5) is 0 Å². The number of carbonyl (C=O) groups is 2. The lowest BCUT2D eigenvalue weighted by atomic mass is 9.88. The maximum Gasteiger partial charge on any atom is 0.227 e. The number of hydrogen-bond donors (Lipinski definition) is 1. The third-order valence-electron chi connectivity index (χ3n) is 3.84. The molecule has 2 rings (SSSR count). The van der Waals surface area contributed by atoms with E-state index in [4.69, 9.17) is 11.6 Å². The molecule has 0 bridgehead atoms. The summed E-state index contributed by atoms with van der Waals surface area (Å²) in [6.45, 7) is 0. The first kappa shape index (κ1) is 17.3. The number of nitrogens with one attached hydrogen (secondary N) is 1. The van der Waals surface area contributed by atoms with Gasteiger partial charge in [0.15, 0.2) is 0 Å². The molecule has 1 aromatic rings. The zero-order chi connectivity index (χ0) is 16.7. The first-order valence-corrected chi connectivity index (χ1v) is 8.10. The average Bonchev–Trinajstić information content (AvgIpc) is 2.55. The summed E-state index contributed by atoms with van der Waals surface area (Å²) in [5, 5.41) is 13.9. The number of halogens is 1. The predicted molar refractivity (Wildman–Crippen MR) is 88.1 cm³/mol. The number of aliphatic carboxylic acids is 1. The number of allylic oxidation sites excluding steroid dienone is 2. The van der Waals surface area contributed by atoms with Crippen LogP contribution in [0.15, 0.2) is 47.1 Å². The highest BCUT2D eigenvalue weighted by Gasteiger charge is 2.21. The van der Waals surface area contributed by atoms with Gasteiger partial charge in [0.05, 0.1) is 11.7 Å². The summed E-state index contributed by atoms with van der Waals surface area (Å²) in [6, 6.07) is 9.26. The average molecular weight is 333 g/mol. The Labute approximate surface area is 140 Å². The lowest BCUT2D eigenvalue weighted by molar-refractivity contribution is -0.299. The maximum atomic E-state index is 12.1. The molecule has 23 heavy (non-hydrogen) atoms. The molecule has 1 amide bonds. The molecule has 1 aliphatic carbocycles. The molecule has 0 radical (unpaired) electrons. The van der Waals surface area contributed by atoms with E-state index in [1.54, 1.807) is 6.08 Å². The highest BCUT2D eigenvalue weighted by molar-refractivity contribution is 6.33. The zero-order valence-corrected chi connectivity index (χ0v) is 13.5. The van der Waals surface area contributed by atoms with Gasteiger partial charge in [0.2, 0.25) is 5.91 Å². The number of carboxylic acid groups (broad SMARTS) is 1. The standard InChI is InChI=1S/C18H20ClNO3/c19-15(11-13-7-3-1-4-8-13)12-16(18(22)23)20-17(21)14-9-5-2-6-10-14/h1,3-4,7-8,11-12,14H,2,5-6,9-10H2,(H,20,21)(H,22,23)/p-1. The van der Waals surface area contributed by atoms with Gasteiger partial charge in [0.1, 0.15) is 0 Å².